The molecule has 0 aromatic carbocycles. The summed E-state index contributed by atoms with van der Waals surface area (Å²) in [5.41, 5.74) is 0. The fourth-order valence-electron chi connectivity index (χ4n) is 2.15. The summed E-state index contributed by atoms with van der Waals surface area (Å²) in [6.07, 6.45) is 2.22. The summed E-state index contributed by atoms with van der Waals surface area (Å²) in [5.74, 6) is 1.27. The molecule has 0 aromatic rings. The van der Waals surface area contributed by atoms with Crippen molar-refractivity contribution in [2.45, 2.75) is 32.0 Å². The van der Waals surface area contributed by atoms with Gasteiger partial charge >= 0.3 is 6.18 Å². The van der Waals surface area contributed by atoms with E-state index in [1.165, 1.54) is 6.08 Å². The first-order chi connectivity index (χ1) is 7.97. The van der Waals surface area contributed by atoms with E-state index >= 15 is 0 Å². The van der Waals surface area contributed by atoms with Crippen LogP contribution < -0.4 is 5.32 Å². The summed E-state index contributed by atoms with van der Waals surface area (Å²) < 4.78 is 37.8. The molecule has 1 saturated heterocycles. The van der Waals surface area contributed by atoms with Crippen LogP contribution in [0.3, 0.4) is 0 Å². The number of likely N-dealkylation sites (tertiary alicyclic amines) is 1. The first-order valence-corrected chi connectivity index (χ1v) is 5.93. The average Bonchev–Trinajstić information content (AvgIpc) is 2.29. The van der Waals surface area contributed by atoms with Crippen molar-refractivity contribution in [3.05, 3.63) is 24.0 Å². The second-order valence-corrected chi connectivity index (χ2v) is 4.77. The molecule has 0 amide bonds. The molecule has 0 spiro atoms. The maximum atomic E-state index is 12.6. The highest BCUT2D eigenvalue weighted by Gasteiger charge is 2.39. The van der Waals surface area contributed by atoms with Crippen molar-refractivity contribution in [3.8, 4) is 0 Å². The molecule has 1 unspecified atom stereocenters. The number of hydrogen-bond acceptors (Lipinski definition) is 2. The maximum absolute atomic E-state index is 12.6. The lowest BCUT2D eigenvalue weighted by Crippen LogP contribution is -2.47. The third kappa shape index (κ3) is 2.96. The SMILES string of the molecule is CC1CCN(C2=CC=CC(C(F)(F)F)N2)CC1. The Kier molecular flexibility index (Phi) is 3.35. The fraction of sp³-hybridized carbons (Fsp3) is 0.667. The molecule has 0 saturated carbocycles. The normalized spacial score (nSPS) is 26.7. The van der Waals surface area contributed by atoms with Gasteiger partial charge in [0.15, 0.2) is 0 Å². The first kappa shape index (κ1) is 12.3. The van der Waals surface area contributed by atoms with Crippen LogP contribution in [0.5, 0.6) is 0 Å². The number of nitrogens with zero attached hydrogens (tertiary/aromatic N) is 1. The molecule has 5 heteroatoms. The summed E-state index contributed by atoms with van der Waals surface area (Å²) in [6.45, 7) is 3.84. The Bertz CT molecular complexity index is 325. The summed E-state index contributed by atoms with van der Waals surface area (Å²) in [7, 11) is 0. The van der Waals surface area contributed by atoms with Crippen molar-refractivity contribution < 1.29 is 13.2 Å². The lowest BCUT2D eigenvalue weighted by atomic mass is 9.99. The molecule has 17 heavy (non-hydrogen) atoms. The molecule has 2 rings (SSSR count). The van der Waals surface area contributed by atoms with Gasteiger partial charge in [0.2, 0.25) is 0 Å². The number of alkyl halides is 3. The summed E-state index contributed by atoms with van der Waals surface area (Å²) >= 11 is 0. The van der Waals surface area contributed by atoms with E-state index in [1.807, 2.05) is 4.90 Å². The summed E-state index contributed by atoms with van der Waals surface area (Å²) in [4.78, 5) is 2.00. The van der Waals surface area contributed by atoms with Gasteiger partial charge in [0.1, 0.15) is 11.9 Å². The molecule has 0 aromatic heterocycles. The highest BCUT2D eigenvalue weighted by molar-refractivity contribution is 5.21. The maximum Gasteiger partial charge on any atom is 0.412 e. The Balaban J connectivity index is 1.99. The third-order valence-electron chi connectivity index (χ3n) is 3.34. The zero-order chi connectivity index (χ0) is 12.5. The summed E-state index contributed by atoms with van der Waals surface area (Å²) in [6, 6.07) is -1.55. The predicted octanol–water partition coefficient (Wildman–Crippen LogP) is 2.65. The van der Waals surface area contributed by atoms with Crippen LogP contribution in [0.4, 0.5) is 13.2 Å². The van der Waals surface area contributed by atoms with Gasteiger partial charge in [-0.3, -0.25) is 0 Å². The average molecular weight is 246 g/mol. The van der Waals surface area contributed by atoms with Crippen molar-refractivity contribution >= 4 is 0 Å². The third-order valence-corrected chi connectivity index (χ3v) is 3.34. The topological polar surface area (TPSA) is 15.3 Å². The van der Waals surface area contributed by atoms with Crippen LogP contribution in [-0.2, 0) is 0 Å². The van der Waals surface area contributed by atoms with Crippen molar-refractivity contribution in [3.63, 3.8) is 0 Å². The van der Waals surface area contributed by atoms with E-state index < -0.39 is 12.2 Å². The highest BCUT2D eigenvalue weighted by atomic mass is 19.4. The fourth-order valence-corrected chi connectivity index (χ4v) is 2.15. The Morgan fingerprint density at radius 1 is 1.29 bits per heavy atom. The first-order valence-electron chi connectivity index (χ1n) is 5.93. The van der Waals surface area contributed by atoms with Crippen LogP contribution in [-0.4, -0.2) is 30.2 Å². The second kappa shape index (κ2) is 4.63. The van der Waals surface area contributed by atoms with Crippen molar-refractivity contribution in [1.29, 1.82) is 0 Å². The number of piperidine rings is 1. The van der Waals surface area contributed by atoms with Crippen molar-refractivity contribution in [1.82, 2.24) is 10.2 Å². The molecule has 2 aliphatic rings. The lowest BCUT2D eigenvalue weighted by Gasteiger charge is -2.36. The predicted molar refractivity (Wildman–Crippen MR) is 60.2 cm³/mol. The molecule has 0 bridgehead atoms. The molecule has 0 aliphatic carbocycles. The zero-order valence-corrected chi connectivity index (χ0v) is 9.80. The van der Waals surface area contributed by atoms with E-state index in [1.54, 1.807) is 6.08 Å². The van der Waals surface area contributed by atoms with Gasteiger partial charge in [0.25, 0.3) is 0 Å². The number of allylic oxidation sites excluding steroid dienone is 2. The van der Waals surface area contributed by atoms with Crippen LogP contribution in [0.15, 0.2) is 24.0 Å². The van der Waals surface area contributed by atoms with E-state index in [0.29, 0.717) is 11.7 Å². The van der Waals surface area contributed by atoms with Crippen molar-refractivity contribution in [2.24, 2.45) is 5.92 Å². The smallest absolute Gasteiger partial charge is 0.358 e. The monoisotopic (exact) mass is 246 g/mol. The molecule has 1 N–H and O–H groups in total. The largest absolute Gasteiger partial charge is 0.412 e. The van der Waals surface area contributed by atoms with Gasteiger partial charge < -0.3 is 10.2 Å². The van der Waals surface area contributed by atoms with Crippen LogP contribution in [0, 0.1) is 5.92 Å². The van der Waals surface area contributed by atoms with Gasteiger partial charge in [-0.1, -0.05) is 19.1 Å². The Morgan fingerprint density at radius 2 is 1.94 bits per heavy atom. The van der Waals surface area contributed by atoms with E-state index in [0.717, 1.165) is 32.0 Å². The van der Waals surface area contributed by atoms with Crippen LogP contribution in [0.25, 0.3) is 0 Å². The van der Waals surface area contributed by atoms with E-state index in [2.05, 4.69) is 12.2 Å². The van der Waals surface area contributed by atoms with Crippen LogP contribution in [0.1, 0.15) is 19.8 Å². The second-order valence-electron chi connectivity index (χ2n) is 4.77. The number of halogens is 3. The van der Waals surface area contributed by atoms with Crippen LogP contribution >= 0.6 is 0 Å². The minimum absolute atomic E-state index is 0.599. The van der Waals surface area contributed by atoms with Crippen LogP contribution in [0.2, 0.25) is 0 Å². The molecular weight excluding hydrogens is 229 g/mol. The number of dihydropyridines is 1. The molecule has 2 nitrogen and oxygen atoms in total. The molecule has 1 fully saturated rings. The molecule has 0 radical (unpaired) electrons. The van der Waals surface area contributed by atoms with E-state index in [9.17, 15) is 13.2 Å². The lowest BCUT2D eigenvalue weighted by molar-refractivity contribution is -0.144. The minimum Gasteiger partial charge on any atom is -0.358 e. The number of nitrogens with one attached hydrogen (secondary N) is 1. The van der Waals surface area contributed by atoms with Gasteiger partial charge in [-0.15, -0.1) is 0 Å². The Labute approximate surface area is 99.2 Å². The van der Waals surface area contributed by atoms with Gasteiger partial charge in [-0.25, -0.2) is 0 Å². The van der Waals surface area contributed by atoms with Gasteiger partial charge in [0, 0.05) is 13.1 Å². The minimum atomic E-state index is -4.22. The zero-order valence-electron chi connectivity index (χ0n) is 9.80. The molecule has 2 heterocycles. The van der Waals surface area contributed by atoms with Gasteiger partial charge in [-0.2, -0.15) is 13.2 Å². The molecule has 1 atom stereocenters. The Hall–Kier alpha value is -1.13. The van der Waals surface area contributed by atoms with E-state index in [-0.39, 0.29) is 0 Å². The van der Waals surface area contributed by atoms with Gasteiger partial charge in [-0.05, 0) is 24.8 Å². The number of rotatable bonds is 1. The van der Waals surface area contributed by atoms with Crippen molar-refractivity contribution in [2.75, 3.05) is 13.1 Å². The Morgan fingerprint density at radius 3 is 2.53 bits per heavy atom. The summed E-state index contributed by atoms with van der Waals surface area (Å²) in [5, 5.41) is 2.55. The molecule has 2 aliphatic heterocycles. The van der Waals surface area contributed by atoms with E-state index in [4.69, 9.17) is 0 Å². The highest BCUT2D eigenvalue weighted by Crippen LogP contribution is 2.26. The standard InChI is InChI=1S/C12H17F3N2/c1-9-5-7-17(8-6-9)11-4-2-3-10(16-11)12(13,14)15/h2-4,9-10,16H,5-8H2,1H3. The molecular formula is C12H17F3N2. The quantitative estimate of drug-likeness (QED) is 0.765. The van der Waals surface area contributed by atoms with Gasteiger partial charge in [0.05, 0.1) is 0 Å². The number of hydrogen-bond donors (Lipinski definition) is 1. The molecule has 96 valence electrons.